The number of likely N-dealkylation sites (tertiary alicyclic amines) is 1. The van der Waals surface area contributed by atoms with Crippen LogP contribution in [0, 0.1) is 5.92 Å². The molecule has 19 heavy (non-hydrogen) atoms. The Balaban J connectivity index is 1.71. The third-order valence-corrected chi connectivity index (χ3v) is 4.09. The highest BCUT2D eigenvalue weighted by Gasteiger charge is 2.16. The quantitative estimate of drug-likeness (QED) is 0.900. The van der Waals surface area contributed by atoms with Crippen molar-refractivity contribution in [1.82, 2.24) is 4.90 Å². The Morgan fingerprint density at radius 3 is 2.89 bits per heavy atom. The molecule has 2 heteroatoms. The fraction of sp³-hybridized carbons (Fsp3) is 0.412. The van der Waals surface area contributed by atoms with E-state index in [-0.39, 0.29) is 0 Å². The predicted octanol–water partition coefficient (Wildman–Crippen LogP) is 3.59. The van der Waals surface area contributed by atoms with Gasteiger partial charge >= 0.3 is 0 Å². The lowest BCUT2D eigenvalue weighted by Gasteiger charge is -2.30. The molecular formula is C17H22N2. The van der Waals surface area contributed by atoms with E-state index in [0.29, 0.717) is 0 Å². The molecule has 0 spiro atoms. The first-order valence-corrected chi connectivity index (χ1v) is 7.23. The third kappa shape index (κ3) is 2.90. The van der Waals surface area contributed by atoms with Crippen LogP contribution in [-0.2, 0) is 0 Å². The molecule has 1 aliphatic heterocycles. The highest BCUT2D eigenvalue weighted by atomic mass is 15.1. The summed E-state index contributed by atoms with van der Waals surface area (Å²) in [6.07, 6.45) is 2.68. The average Bonchev–Trinajstić information content (AvgIpc) is 2.45. The van der Waals surface area contributed by atoms with Crippen LogP contribution >= 0.6 is 0 Å². The summed E-state index contributed by atoms with van der Waals surface area (Å²) in [7, 11) is 2.23. The van der Waals surface area contributed by atoms with E-state index in [1.165, 1.54) is 42.4 Å². The molecule has 1 aliphatic rings. The molecule has 3 rings (SSSR count). The van der Waals surface area contributed by atoms with Gasteiger partial charge in [0.2, 0.25) is 0 Å². The summed E-state index contributed by atoms with van der Waals surface area (Å²) in [4.78, 5) is 2.44. The maximum absolute atomic E-state index is 3.65. The predicted molar refractivity (Wildman–Crippen MR) is 82.7 cm³/mol. The van der Waals surface area contributed by atoms with E-state index in [0.717, 1.165) is 12.5 Å². The minimum Gasteiger partial charge on any atom is -0.384 e. The highest BCUT2D eigenvalue weighted by molar-refractivity contribution is 5.93. The van der Waals surface area contributed by atoms with E-state index in [4.69, 9.17) is 0 Å². The molecule has 1 saturated heterocycles. The molecule has 2 aromatic rings. The second-order valence-corrected chi connectivity index (χ2v) is 5.68. The molecule has 0 radical (unpaired) electrons. The normalized spacial score (nSPS) is 20.6. The zero-order valence-electron chi connectivity index (χ0n) is 11.6. The Bertz CT molecular complexity index is 544. The summed E-state index contributed by atoms with van der Waals surface area (Å²) < 4.78 is 0. The summed E-state index contributed by atoms with van der Waals surface area (Å²) in [5.41, 5.74) is 1.27. The van der Waals surface area contributed by atoms with Crippen LogP contribution in [0.4, 0.5) is 5.69 Å². The smallest absolute Gasteiger partial charge is 0.0419 e. The minimum atomic E-state index is 0.776. The van der Waals surface area contributed by atoms with E-state index in [1.807, 2.05) is 0 Å². The Labute approximate surface area is 115 Å². The summed E-state index contributed by atoms with van der Waals surface area (Å²) >= 11 is 0. The maximum Gasteiger partial charge on any atom is 0.0419 e. The summed E-state index contributed by atoms with van der Waals surface area (Å²) in [5.74, 6) is 0.776. The molecule has 1 fully saturated rings. The van der Waals surface area contributed by atoms with Gasteiger partial charge in [-0.25, -0.2) is 0 Å². The van der Waals surface area contributed by atoms with Gasteiger partial charge in [0, 0.05) is 24.2 Å². The van der Waals surface area contributed by atoms with Gasteiger partial charge in [-0.1, -0.05) is 36.4 Å². The van der Waals surface area contributed by atoms with Gasteiger partial charge in [0.25, 0.3) is 0 Å². The van der Waals surface area contributed by atoms with Gasteiger partial charge in [-0.3, -0.25) is 0 Å². The maximum atomic E-state index is 3.65. The van der Waals surface area contributed by atoms with Crippen molar-refractivity contribution in [2.75, 3.05) is 32.0 Å². The van der Waals surface area contributed by atoms with E-state index in [9.17, 15) is 0 Å². The monoisotopic (exact) mass is 254 g/mol. The number of rotatable bonds is 3. The van der Waals surface area contributed by atoms with Gasteiger partial charge < -0.3 is 10.2 Å². The fourth-order valence-electron chi connectivity index (χ4n) is 3.07. The lowest BCUT2D eigenvalue weighted by molar-refractivity contribution is 0.217. The van der Waals surface area contributed by atoms with Crippen molar-refractivity contribution in [3.63, 3.8) is 0 Å². The first-order chi connectivity index (χ1) is 9.33. The number of anilines is 1. The molecule has 0 aromatic heterocycles. The Hall–Kier alpha value is -1.54. The van der Waals surface area contributed by atoms with E-state index in [1.54, 1.807) is 0 Å². The fourth-order valence-corrected chi connectivity index (χ4v) is 3.07. The number of hydrogen-bond donors (Lipinski definition) is 1. The Morgan fingerprint density at radius 1 is 1.16 bits per heavy atom. The van der Waals surface area contributed by atoms with Gasteiger partial charge in [-0.15, -0.1) is 0 Å². The van der Waals surface area contributed by atoms with Gasteiger partial charge in [-0.2, -0.15) is 0 Å². The number of fused-ring (bicyclic) bond motifs is 1. The molecule has 2 aromatic carbocycles. The summed E-state index contributed by atoms with van der Waals surface area (Å²) in [5, 5.41) is 6.29. The Morgan fingerprint density at radius 2 is 2.00 bits per heavy atom. The molecule has 2 nitrogen and oxygen atoms in total. The first kappa shape index (κ1) is 12.5. The minimum absolute atomic E-state index is 0.776. The topological polar surface area (TPSA) is 15.3 Å². The van der Waals surface area contributed by atoms with Crippen molar-refractivity contribution in [2.45, 2.75) is 12.8 Å². The number of nitrogens with one attached hydrogen (secondary N) is 1. The summed E-state index contributed by atoms with van der Waals surface area (Å²) in [6, 6.07) is 15.1. The van der Waals surface area contributed by atoms with Crippen molar-refractivity contribution in [3.05, 3.63) is 42.5 Å². The lowest BCUT2D eigenvalue weighted by Crippen LogP contribution is -2.35. The largest absolute Gasteiger partial charge is 0.384 e. The van der Waals surface area contributed by atoms with Gasteiger partial charge in [0.05, 0.1) is 0 Å². The second kappa shape index (κ2) is 5.62. The third-order valence-electron chi connectivity index (χ3n) is 4.09. The van der Waals surface area contributed by atoms with Crippen LogP contribution in [0.1, 0.15) is 12.8 Å². The molecule has 0 bridgehead atoms. The van der Waals surface area contributed by atoms with Crippen LogP contribution in [0.3, 0.4) is 0 Å². The molecule has 0 amide bonds. The van der Waals surface area contributed by atoms with Crippen molar-refractivity contribution in [3.8, 4) is 0 Å². The molecule has 100 valence electrons. The molecule has 1 atom stereocenters. The number of piperidine rings is 1. The first-order valence-electron chi connectivity index (χ1n) is 7.23. The lowest BCUT2D eigenvalue weighted by atomic mass is 9.98. The number of hydrogen-bond acceptors (Lipinski definition) is 2. The van der Waals surface area contributed by atoms with Crippen LogP contribution in [0.15, 0.2) is 42.5 Å². The standard InChI is InChI=1S/C17H22N2/c1-19-11-5-6-14(13-19)12-18-17-10-4-8-15-7-2-3-9-16(15)17/h2-4,7-10,14,18H,5-6,11-13H2,1H3. The number of nitrogens with zero attached hydrogens (tertiary/aromatic N) is 1. The van der Waals surface area contributed by atoms with Crippen LogP contribution < -0.4 is 5.32 Å². The van der Waals surface area contributed by atoms with Gasteiger partial charge in [0.15, 0.2) is 0 Å². The van der Waals surface area contributed by atoms with Gasteiger partial charge in [0.1, 0.15) is 0 Å². The van der Waals surface area contributed by atoms with Crippen molar-refractivity contribution in [2.24, 2.45) is 5.92 Å². The SMILES string of the molecule is CN1CCCC(CNc2cccc3ccccc23)C1. The van der Waals surface area contributed by atoms with Crippen molar-refractivity contribution >= 4 is 16.5 Å². The van der Waals surface area contributed by atoms with Crippen LogP contribution in [0.2, 0.25) is 0 Å². The molecule has 1 N–H and O–H groups in total. The van der Waals surface area contributed by atoms with E-state index < -0.39 is 0 Å². The number of benzene rings is 2. The zero-order chi connectivity index (χ0) is 13.1. The van der Waals surface area contributed by atoms with E-state index >= 15 is 0 Å². The zero-order valence-corrected chi connectivity index (χ0v) is 11.6. The average molecular weight is 254 g/mol. The van der Waals surface area contributed by atoms with E-state index in [2.05, 4.69) is 59.7 Å². The Kier molecular flexibility index (Phi) is 3.69. The van der Waals surface area contributed by atoms with Crippen LogP contribution in [-0.4, -0.2) is 31.6 Å². The second-order valence-electron chi connectivity index (χ2n) is 5.68. The van der Waals surface area contributed by atoms with Crippen molar-refractivity contribution in [1.29, 1.82) is 0 Å². The van der Waals surface area contributed by atoms with Crippen molar-refractivity contribution < 1.29 is 0 Å². The van der Waals surface area contributed by atoms with Crippen LogP contribution in [0.5, 0.6) is 0 Å². The molecule has 0 aliphatic carbocycles. The molecule has 1 unspecified atom stereocenters. The molecule has 0 saturated carbocycles. The molecule has 1 heterocycles. The van der Waals surface area contributed by atoms with Crippen LogP contribution in [0.25, 0.3) is 10.8 Å². The summed E-state index contributed by atoms with van der Waals surface area (Å²) in [6.45, 7) is 3.56. The molecular weight excluding hydrogens is 232 g/mol. The van der Waals surface area contributed by atoms with Gasteiger partial charge in [-0.05, 0) is 43.8 Å². The highest BCUT2D eigenvalue weighted by Crippen LogP contribution is 2.24.